The lowest BCUT2D eigenvalue weighted by atomic mass is 10.2. The van der Waals surface area contributed by atoms with E-state index < -0.39 is 0 Å². The molecule has 0 aliphatic heterocycles. The van der Waals surface area contributed by atoms with Crippen LogP contribution < -0.4 is 0 Å². The standard InChI is InChI=1S/C16H12I2O/c17-15-5-1-13(2-6-15)9-11-19-12-10-14-3-7-16(18)8-4-14/h1-12H. The third-order valence-corrected chi connectivity index (χ3v) is 3.86. The van der Waals surface area contributed by atoms with Crippen molar-refractivity contribution < 1.29 is 4.74 Å². The Morgan fingerprint density at radius 1 is 0.632 bits per heavy atom. The van der Waals surface area contributed by atoms with E-state index in [-0.39, 0.29) is 0 Å². The van der Waals surface area contributed by atoms with Gasteiger partial charge in [0.15, 0.2) is 0 Å². The van der Waals surface area contributed by atoms with Crippen LogP contribution in [0.2, 0.25) is 0 Å². The van der Waals surface area contributed by atoms with Crippen LogP contribution in [0.4, 0.5) is 0 Å². The van der Waals surface area contributed by atoms with Crippen molar-refractivity contribution in [2.24, 2.45) is 0 Å². The van der Waals surface area contributed by atoms with E-state index in [4.69, 9.17) is 4.74 Å². The zero-order chi connectivity index (χ0) is 13.5. The fourth-order valence-electron chi connectivity index (χ4n) is 1.43. The van der Waals surface area contributed by atoms with Gasteiger partial charge in [-0.2, -0.15) is 0 Å². The van der Waals surface area contributed by atoms with E-state index >= 15 is 0 Å². The maximum atomic E-state index is 5.34. The molecule has 2 rings (SSSR count). The maximum absolute atomic E-state index is 5.34. The zero-order valence-corrected chi connectivity index (χ0v) is 14.4. The van der Waals surface area contributed by atoms with Gasteiger partial charge in [0.25, 0.3) is 0 Å². The molecule has 0 heterocycles. The van der Waals surface area contributed by atoms with Gasteiger partial charge in [0, 0.05) is 7.14 Å². The molecule has 0 saturated heterocycles. The summed E-state index contributed by atoms with van der Waals surface area (Å²) < 4.78 is 7.80. The fourth-order valence-corrected chi connectivity index (χ4v) is 2.15. The Kier molecular flexibility index (Phi) is 5.91. The van der Waals surface area contributed by atoms with E-state index in [0.717, 1.165) is 11.1 Å². The Morgan fingerprint density at radius 3 is 1.37 bits per heavy atom. The molecule has 0 radical (unpaired) electrons. The van der Waals surface area contributed by atoms with Crippen LogP contribution in [0.3, 0.4) is 0 Å². The normalized spacial score (nSPS) is 11.3. The van der Waals surface area contributed by atoms with Gasteiger partial charge in [0.1, 0.15) is 0 Å². The van der Waals surface area contributed by atoms with Crippen molar-refractivity contribution in [1.82, 2.24) is 0 Å². The monoisotopic (exact) mass is 474 g/mol. The van der Waals surface area contributed by atoms with Crippen LogP contribution in [-0.2, 0) is 4.74 Å². The first-order chi connectivity index (χ1) is 9.24. The van der Waals surface area contributed by atoms with E-state index in [1.807, 2.05) is 12.2 Å². The van der Waals surface area contributed by atoms with Gasteiger partial charge in [-0.1, -0.05) is 24.3 Å². The van der Waals surface area contributed by atoms with Crippen molar-refractivity contribution in [3.8, 4) is 0 Å². The van der Waals surface area contributed by atoms with Crippen LogP contribution in [0, 0.1) is 7.14 Å². The smallest absolute Gasteiger partial charge is 0.0907 e. The highest BCUT2D eigenvalue weighted by Gasteiger charge is 1.88. The van der Waals surface area contributed by atoms with Crippen molar-refractivity contribution in [2.75, 3.05) is 0 Å². The zero-order valence-electron chi connectivity index (χ0n) is 10.1. The summed E-state index contributed by atoms with van der Waals surface area (Å²) >= 11 is 4.58. The molecular weight excluding hydrogens is 462 g/mol. The number of benzene rings is 2. The molecule has 3 heteroatoms. The molecular formula is C16H12I2O. The summed E-state index contributed by atoms with van der Waals surface area (Å²) in [6.07, 6.45) is 7.25. The van der Waals surface area contributed by atoms with Gasteiger partial charge in [-0.05, 0) is 92.7 Å². The number of rotatable bonds is 4. The Balaban J connectivity index is 1.86. The molecule has 0 N–H and O–H groups in total. The van der Waals surface area contributed by atoms with Crippen molar-refractivity contribution in [1.29, 1.82) is 0 Å². The highest BCUT2D eigenvalue weighted by atomic mass is 127. The van der Waals surface area contributed by atoms with Gasteiger partial charge >= 0.3 is 0 Å². The first kappa shape index (κ1) is 14.6. The highest BCUT2D eigenvalue weighted by molar-refractivity contribution is 14.1. The lowest BCUT2D eigenvalue weighted by molar-refractivity contribution is 0.410. The quantitative estimate of drug-likeness (QED) is 0.417. The van der Waals surface area contributed by atoms with Gasteiger partial charge in [-0.15, -0.1) is 0 Å². The third-order valence-electron chi connectivity index (χ3n) is 2.42. The first-order valence-corrected chi connectivity index (χ1v) is 7.89. The molecule has 2 aromatic carbocycles. The minimum atomic E-state index is 1.13. The van der Waals surface area contributed by atoms with E-state index in [2.05, 4.69) is 93.7 Å². The van der Waals surface area contributed by atoms with Crippen LogP contribution in [0.25, 0.3) is 12.2 Å². The number of ether oxygens (including phenoxy) is 1. The molecule has 0 aliphatic rings. The summed E-state index contributed by atoms with van der Waals surface area (Å²) in [4.78, 5) is 0. The molecule has 0 atom stereocenters. The minimum absolute atomic E-state index is 1.13. The topological polar surface area (TPSA) is 9.23 Å². The molecule has 0 bridgehead atoms. The average Bonchev–Trinajstić information content (AvgIpc) is 2.43. The van der Waals surface area contributed by atoms with Crippen molar-refractivity contribution >= 4 is 57.3 Å². The van der Waals surface area contributed by atoms with Crippen LogP contribution in [0.1, 0.15) is 11.1 Å². The largest absolute Gasteiger partial charge is 0.473 e. The van der Waals surface area contributed by atoms with Gasteiger partial charge in [0.2, 0.25) is 0 Å². The van der Waals surface area contributed by atoms with E-state index in [9.17, 15) is 0 Å². The third kappa shape index (κ3) is 5.36. The second-order valence-electron chi connectivity index (χ2n) is 3.84. The lowest BCUT2D eigenvalue weighted by Crippen LogP contribution is -1.75. The molecule has 0 unspecified atom stereocenters. The minimum Gasteiger partial charge on any atom is -0.473 e. The predicted molar refractivity (Wildman–Crippen MR) is 97.5 cm³/mol. The summed E-state index contributed by atoms with van der Waals surface area (Å²) in [5, 5.41) is 0. The summed E-state index contributed by atoms with van der Waals surface area (Å²) in [6.45, 7) is 0. The molecule has 0 saturated carbocycles. The predicted octanol–water partition coefficient (Wildman–Crippen LogP) is 5.55. The molecule has 0 fully saturated rings. The maximum Gasteiger partial charge on any atom is 0.0907 e. The van der Waals surface area contributed by atoms with Gasteiger partial charge in [-0.3, -0.25) is 0 Å². The van der Waals surface area contributed by atoms with Gasteiger partial charge in [0.05, 0.1) is 12.5 Å². The summed E-state index contributed by atoms with van der Waals surface area (Å²) in [5.41, 5.74) is 2.26. The molecule has 96 valence electrons. The number of hydrogen-bond donors (Lipinski definition) is 0. The first-order valence-electron chi connectivity index (χ1n) is 5.74. The Bertz CT molecular complexity index is 515. The number of halogens is 2. The van der Waals surface area contributed by atoms with Crippen LogP contribution in [0.15, 0.2) is 61.1 Å². The van der Waals surface area contributed by atoms with Gasteiger partial charge < -0.3 is 4.74 Å². The summed E-state index contributed by atoms with van der Waals surface area (Å²) in [7, 11) is 0. The van der Waals surface area contributed by atoms with Crippen molar-refractivity contribution in [3.05, 3.63) is 79.3 Å². The van der Waals surface area contributed by atoms with E-state index in [1.54, 1.807) is 12.5 Å². The SMILES string of the molecule is Ic1ccc(C=COC=Cc2ccc(I)cc2)cc1. The summed E-state index contributed by atoms with van der Waals surface area (Å²) in [6, 6.07) is 16.5. The molecule has 0 spiro atoms. The van der Waals surface area contributed by atoms with Crippen molar-refractivity contribution in [3.63, 3.8) is 0 Å². The van der Waals surface area contributed by atoms with Crippen LogP contribution >= 0.6 is 45.2 Å². The Hall–Kier alpha value is -0.820. The Labute approximate surface area is 140 Å². The molecule has 2 aromatic rings. The van der Waals surface area contributed by atoms with E-state index in [0.29, 0.717) is 0 Å². The number of hydrogen-bond acceptors (Lipinski definition) is 1. The lowest BCUT2D eigenvalue weighted by Gasteiger charge is -1.95. The average molecular weight is 474 g/mol. The highest BCUT2D eigenvalue weighted by Crippen LogP contribution is 2.09. The van der Waals surface area contributed by atoms with Crippen LogP contribution in [0.5, 0.6) is 0 Å². The molecule has 19 heavy (non-hydrogen) atoms. The molecule has 0 aliphatic carbocycles. The second-order valence-corrected chi connectivity index (χ2v) is 6.34. The van der Waals surface area contributed by atoms with Gasteiger partial charge in [-0.25, -0.2) is 0 Å². The summed E-state index contributed by atoms with van der Waals surface area (Å²) in [5.74, 6) is 0. The molecule has 1 nitrogen and oxygen atoms in total. The second kappa shape index (κ2) is 7.69. The molecule has 0 aromatic heterocycles. The fraction of sp³-hybridized carbons (Fsp3) is 0. The van der Waals surface area contributed by atoms with E-state index in [1.165, 1.54) is 7.14 Å². The van der Waals surface area contributed by atoms with Crippen LogP contribution in [-0.4, -0.2) is 0 Å². The Morgan fingerprint density at radius 2 is 1.00 bits per heavy atom. The molecule has 0 amide bonds. The van der Waals surface area contributed by atoms with Crippen molar-refractivity contribution in [2.45, 2.75) is 0 Å².